The molecule has 0 unspecified atom stereocenters. The van der Waals surface area contributed by atoms with Crippen LogP contribution in [0.25, 0.3) is 0 Å². The molecule has 2 rings (SSSR count). The Morgan fingerprint density at radius 2 is 1.71 bits per heavy atom. The van der Waals surface area contributed by atoms with Gasteiger partial charge < -0.3 is 18.3 Å². The summed E-state index contributed by atoms with van der Waals surface area (Å²) in [6.45, 7) is 30.6. The molecule has 0 aromatic carbocycles. The molecule has 1 aliphatic carbocycles. The molecule has 0 bridgehead atoms. The monoisotopic (exact) mass is 508 g/mol. The van der Waals surface area contributed by atoms with Crippen LogP contribution in [0.15, 0.2) is 37.0 Å². The first-order valence-electron chi connectivity index (χ1n) is 13.3. The fourth-order valence-corrected chi connectivity index (χ4v) is 9.60. The SMILES string of the molecule is C=CC1=CCC[C@@]1(C[C@H](O[Si](C)(C)C(C)(C)C)[C@@H]1OC(C)(C)O[C@@H]1C=C)O[Si](CC)(CC)CC. The lowest BCUT2D eigenvalue weighted by molar-refractivity contribution is -0.155. The van der Waals surface area contributed by atoms with Crippen LogP contribution < -0.4 is 0 Å². The zero-order valence-electron chi connectivity index (χ0n) is 23.8. The second-order valence-electron chi connectivity index (χ2n) is 12.2. The smallest absolute Gasteiger partial charge is 0.193 e. The predicted octanol–water partition coefficient (Wildman–Crippen LogP) is 8.14. The minimum absolute atomic E-state index is 0.0828. The number of hydrogen-bond acceptors (Lipinski definition) is 4. The van der Waals surface area contributed by atoms with Gasteiger partial charge in [0, 0.05) is 6.42 Å². The van der Waals surface area contributed by atoms with Crippen molar-refractivity contribution in [2.75, 3.05) is 0 Å². The fraction of sp³-hybridized carbons (Fsp3) is 0.786. The molecule has 2 aliphatic rings. The second kappa shape index (κ2) is 10.9. The number of hydrogen-bond donors (Lipinski definition) is 0. The summed E-state index contributed by atoms with van der Waals surface area (Å²) in [5, 5.41) is 0.0828. The first kappa shape index (κ1) is 29.7. The van der Waals surface area contributed by atoms with Crippen LogP contribution in [0.3, 0.4) is 0 Å². The topological polar surface area (TPSA) is 36.9 Å². The van der Waals surface area contributed by atoms with Crippen molar-refractivity contribution in [2.24, 2.45) is 0 Å². The van der Waals surface area contributed by atoms with Gasteiger partial charge in [-0.25, -0.2) is 0 Å². The van der Waals surface area contributed by atoms with Gasteiger partial charge >= 0.3 is 0 Å². The Morgan fingerprint density at radius 3 is 2.18 bits per heavy atom. The van der Waals surface area contributed by atoms with Gasteiger partial charge in [0.15, 0.2) is 22.4 Å². The summed E-state index contributed by atoms with van der Waals surface area (Å²) in [5.74, 6) is -0.672. The summed E-state index contributed by atoms with van der Waals surface area (Å²) in [6, 6.07) is 3.35. The Hall–Kier alpha value is -0.506. The van der Waals surface area contributed by atoms with E-state index in [0.29, 0.717) is 0 Å². The van der Waals surface area contributed by atoms with Gasteiger partial charge in [0.1, 0.15) is 12.2 Å². The van der Waals surface area contributed by atoms with Crippen LogP contribution in [0.2, 0.25) is 36.3 Å². The Labute approximate surface area is 212 Å². The van der Waals surface area contributed by atoms with Crippen molar-refractivity contribution in [1.29, 1.82) is 0 Å². The molecule has 0 saturated carbocycles. The van der Waals surface area contributed by atoms with Crippen molar-refractivity contribution in [1.82, 2.24) is 0 Å². The van der Waals surface area contributed by atoms with Crippen LogP contribution in [0, 0.1) is 0 Å². The highest BCUT2D eigenvalue weighted by Crippen LogP contribution is 2.47. The number of allylic oxidation sites excluding steroid dienone is 1. The third-order valence-electron chi connectivity index (χ3n) is 8.55. The van der Waals surface area contributed by atoms with Gasteiger partial charge in [-0.3, -0.25) is 0 Å². The van der Waals surface area contributed by atoms with Crippen LogP contribution in [0.1, 0.15) is 74.7 Å². The van der Waals surface area contributed by atoms with Crippen molar-refractivity contribution in [3.05, 3.63) is 37.0 Å². The van der Waals surface area contributed by atoms with E-state index in [4.69, 9.17) is 18.3 Å². The molecule has 1 aliphatic heterocycles. The minimum atomic E-state index is -2.10. The molecule has 1 heterocycles. The third kappa shape index (κ3) is 6.24. The number of rotatable bonds is 12. The molecule has 4 atom stereocenters. The minimum Gasteiger partial charge on any atom is -0.411 e. The maximum Gasteiger partial charge on any atom is 0.193 e. The van der Waals surface area contributed by atoms with E-state index < -0.39 is 22.4 Å². The van der Waals surface area contributed by atoms with Crippen molar-refractivity contribution in [3.8, 4) is 0 Å². The van der Waals surface area contributed by atoms with Gasteiger partial charge in [-0.15, -0.1) is 6.58 Å². The molecule has 1 saturated heterocycles. The lowest BCUT2D eigenvalue weighted by atomic mass is 9.86. The first-order chi connectivity index (χ1) is 15.6. The van der Waals surface area contributed by atoms with Gasteiger partial charge in [0.05, 0.1) is 11.7 Å². The quantitative estimate of drug-likeness (QED) is 0.197. The molecule has 0 aromatic heterocycles. The summed E-state index contributed by atoms with van der Waals surface area (Å²) >= 11 is 0. The van der Waals surface area contributed by atoms with E-state index >= 15 is 0 Å². The van der Waals surface area contributed by atoms with E-state index in [1.807, 2.05) is 26.0 Å². The Morgan fingerprint density at radius 1 is 1.12 bits per heavy atom. The highest BCUT2D eigenvalue weighted by Gasteiger charge is 2.53. The van der Waals surface area contributed by atoms with E-state index in [1.165, 1.54) is 5.57 Å². The third-order valence-corrected chi connectivity index (χ3v) is 17.7. The summed E-state index contributed by atoms with van der Waals surface area (Å²) < 4.78 is 27.3. The average Bonchev–Trinajstić information content (AvgIpc) is 3.30. The van der Waals surface area contributed by atoms with Gasteiger partial charge in [-0.05, 0) is 68.5 Å². The number of ether oxygens (including phenoxy) is 2. The summed E-state index contributed by atoms with van der Waals surface area (Å²) in [4.78, 5) is 0. The molecule has 0 N–H and O–H groups in total. The zero-order valence-corrected chi connectivity index (χ0v) is 25.8. The molecule has 196 valence electrons. The van der Waals surface area contributed by atoms with Gasteiger partial charge in [0.2, 0.25) is 0 Å². The largest absolute Gasteiger partial charge is 0.411 e. The lowest BCUT2D eigenvalue weighted by Gasteiger charge is -2.47. The normalized spacial score (nSPS) is 28.6. The maximum atomic E-state index is 7.36. The Bertz CT molecular complexity index is 740. The molecular weight excluding hydrogens is 456 g/mol. The van der Waals surface area contributed by atoms with Crippen molar-refractivity contribution in [2.45, 2.75) is 141 Å². The van der Waals surface area contributed by atoms with Crippen molar-refractivity contribution < 1.29 is 18.3 Å². The molecule has 6 heteroatoms. The van der Waals surface area contributed by atoms with E-state index in [-0.39, 0.29) is 29.0 Å². The fourth-order valence-electron chi connectivity index (χ4n) is 5.21. The summed E-state index contributed by atoms with van der Waals surface area (Å²) in [5.41, 5.74) is 0.835. The van der Waals surface area contributed by atoms with Gasteiger partial charge in [-0.2, -0.15) is 0 Å². The second-order valence-corrected chi connectivity index (χ2v) is 21.6. The van der Waals surface area contributed by atoms with Crippen molar-refractivity contribution >= 4 is 16.6 Å². The average molecular weight is 509 g/mol. The van der Waals surface area contributed by atoms with Gasteiger partial charge in [0.25, 0.3) is 0 Å². The standard InChI is InChI=1S/C28H52O4Si2/c1-13-22-19-18-20-28(22,32-34(15-3,16-4)17-5)21-24(31-33(11,12)26(6,7)8)25-23(14-2)29-27(9,10)30-25/h13-14,19,23-25H,1-2,15-18,20-21H2,3-12H3/t23-,24+,25-,28+/m1/s1. The molecule has 0 amide bonds. The zero-order chi connectivity index (χ0) is 26.0. The van der Waals surface area contributed by atoms with Crippen molar-refractivity contribution in [3.63, 3.8) is 0 Å². The molecule has 1 fully saturated rings. The molecule has 0 aromatic rings. The lowest BCUT2D eigenvalue weighted by Crippen LogP contribution is -2.54. The summed E-state index contributed by atoms with van der Waals surface area (Å²) in [6.07, 6.45) is 8.32. The Balaban J connectivity index is 2.56. The first-order valence-corrected chi connectivity index (χ1v) is 18.8. The van der Waals surface area contributed by atoms with Crippen LogP contribution >= 0.6 is 0 Å². The highest BCUT2D eigenvalue weighted by atomic mass is 28.4. The highest BCUT2D eigenvalue weighted by molar-refractivity contribution is 6.74. The summed E-state index contributed by atoms with van der Waals surface area (Å²) in [7, 11) is -4.00. The van der Waals surface area contributed by atoms with Gasteiger partial charge in [-0.1, -0.05) is 66.3 Å². The van der Waals surface area contributed by atoms with E-state index in [9.17, 15) is 0 Å². The molecule has 0 spiro atoms. The molecule has 0 radical (unpaired) electrons. The van der Waals surface area contributed by atoms with Crippen LogP contribution in [-0.4, -0.2) is 46.3 Å². The molecular formula is C28H52O4Si2. The Kier molecular flexibility index (Phi) is 9.49. The van der Waals surface area contributed by atoms with E-state index in [0.717, 1.165) is 37.4 Å². The molecule has 34 heavy (non-hydrogen) atoms. The maximum absolute atomic E-state index is 7.36. The van der Waals surface area contributed by atoms with E-state index in [1.54, 1.807) is 0 Å². The van der Waals surface area contributed by atoms with E-state index in [2.05, 4.69) is 73.9 Å². The predicted molar refractivity (Wildman–Crippen MR) is 149 cm³/mol. The van der Waals surface area contributed by atoms with Crippen LogP contribution in [0.4, 0.5) is 0 Å². The van der Waals surface area contributed by atoms with Crippen LogP contribution in [-0.2, 0) is 18.3 Å². The van der Waals surface area contributed by atoms with Crippen LogP contribution in [0.5, 0.6) is 0 Å². The molecule has 4 nitrogen and oxygen atoms in total.